The Kier molecular flexibility index (Phi) is 37.3. The van der Waals surface area contributed by atoms with Crippen molar-refractivity contribution in [1.29, 1.82) is 0 Å². The van der Waals surface area contributed by atoms with Gasteiger partial charge in [-0.25, -0.2) is 15.0 Å². The standard InChI is InChI=1S/C16H21N3O4.C15H19ClN4O3.C15H20N4O4.C14H18N4O5.C9H16O4.C6H5ClN4.C6H15ClSi.C4H7ClO.C2HF3O.CH4.Na.H2O/c1-5-10-11-12(23-16(3,4)22-11)15(21-10)19-7-6-9-13(19)17-8(2)18-14(9)20;1-4-8-9-10(23-15(2,3)22-9)13(21-8)20-6-5-7-11(16)18-14(17)19-12(7)20;1-4-8-9-10(23-15(2,3)22-9)13(21-8)19-6-5-7-11(19)17-14(16)18-12(7)20;1-14(2)22-8-7(5-19)21-12(9(8)23-14)18-4-3-6-10(18)16-13(15)17-11(6)20;1-4-5-6-7(8(10)11-5)13-9(2,3)12-6;7-4-3-1-2-9-5(3)11-6(8)10-4;1-6(2,3)8(4,5)7;1-3(2)4(5)6;3-2(4,5)1-6;;;/h6-7,10-12,15H,5H2,1-4H3,(H,17,18,20);5-6,8-10,13H,4H2,1-3H3,(H2,17,18,19);5-6,8-10,13H,4H2,1-3H3,(H3,16,17,18,20);3-4,7-9,12,19H,5H2,1-2H3,(H3,15,16,17,20);5-8,10H,4H2,1-3H3;1-2H,(H3,8,9,10,11);1-5H3;3H,1-2H3;1H;1H4;;1H2/q;;;;;;;;;;+1;/p-1/t10-,11?,12+,15-;2*8-,9?,10+,13-;7-,8?,9+,12-;5-,6?,7+,8-;;;;;;;/m11111......./s1. The second-order valence-electron chi connectivity index (χ2n) is 37.7. The van der Waals surface area contributed by atoms with Crippen LogP contribution in [0.2, 0.25) is 28.4 Å². The van der Waals surface area contributed by atoms with Gasteiger partial charge in [0.2, 0.25) is 35.3 Å². The Labute approximate surface area is 841 Å². The van der Waals surface area contributed by atoms with E-state index in [2.05, 4.69) is 103 Å². The van der Waals surface area contributed by atoms with Gasteiger partial charge < -0.3 is 138 Å². The van der Waals surface area contributed by atoms with Crippen LogP contribution in [0.1, 0.15) is 195 Å². The van der Waals surface area contributed by atoms with Gasteiger partial charge in [0.25, 0.3) is 16.7 Å². The molecule has 139 heavy (non-hydrogen) atoms. The van der Waals surface area contributed by atoms with Crippen LogP contribution in [-0.2, 0) is 80.6 Å². The number of nitrogens with zero attached hydrogens (tertiary/aromatic N) is 11. The summed E-state index contributed by atoms with van der Waals surface area (Å²) in [7, 11) is -1.39. The Morgan fingerprint density at radius 1 is 0.496 bits per heavy atom. The van der Waals surface area contributed by atoms with Crippen LogP contribution in [0.5, 0.6) is 0 Å². The van der Waals surface area contributed by atoms with Crippen LogP contribution >= 0.6 is 45.9 Å². The SMILES string of the molecule is C.CC(C)(C)[Si](C)(C)Cl.CC(C)C(=O)Cl.CC1(C)OC2[C@@H](CO)O[C@@H](n3ccc4c(=O)[nH]c(N)nc43)[C@H]2O1.CC[C@H]1O[C@@H](O)[C@H]2OC(C)(C)OC12.CC[C@H]1O[C@@H](n2ccc3c(=O)[nH]c(C)nc32)[C@H]2OC(C)(C)OC12.CC[C@H]1O[C@@H](n2ccc3c(=O)[nH]c(N)nc32)[C@H]2OC(C)(C)OC12.CC[C@H]1O[C@@H](n2ccc3c(Cl)nc(N)nc32)[C@H]2OC(C)(C)OC12.Nc1nc(Cl)c2cc[nH]c2n1.O=CC(F)(F)F.[Na+].[OH-]. The number of alkyl halides is 3. The van der Waals surface area contributed by atoms with Crippen molar-refractivity contribution in [2.75, 3.05) is 29.5 Å². The molecule has 0 aromatic carbocycles. The average Bonchev–Trinajstić information content (AvgIpc) is 1.59. The monoisotopic (exact) mass is 2070 g/mol. The molecular weight excluding hydrogens is 1940 g/mol. The summed E-state index contributed by atoms with van der Waals surface area (Å²) >= 11 is 23.0. The molecule has 5 unspecified atom stereocenters. The van der Waals surface area contributed by atoms with Crippen LogP contribution in [-0.4, -0.2) is 247 Å². The zero-order valence-electron chi connectivity index (χ0n) is 80.9. The number of aromatic nitrogens is 15. The number of aliphatic hydroxyl groups excluding tert-OH is 2. The second-order valence-corrected chi connectivity index (χ2v) is 46.1. The van der Waals surface area contributed by atoms with Crippen LogP contribution in [0.25, 0.3) is 55.2 Å². The van der Waals surface area contributed by atoms with E-state index in [1.165, 1.54) is 0 Å². The predicted molar refractivity (Wildman–Crippen MR) is 508 cm³/mol. The summed E-state index contributed by atoms with van der Waals surface area (Å²) in [6.45, 7) is 43.0. The van der Waals surface area contributed by atoms with E-state index in [1.807, 2.05) is 111 Å². The van der Waals surface area contributed by atoms with Crippen molar-refractivity contribution in [3.8, 4) is 0 Å². The molecule has 15 N–H and O–H groups in total. The van der Waals surface area contributed by atoms with Gasteiger partial charge in [-0.3, -0.25) is 33.9 Å². The third kappa shape index (κ3) is 26.2. The minimum atomic E-state index is -4.64. The van der Waals surface area contributed by atoms with Crippen molar-refractivity contribution in [1.82, 2.24) is 73.1 Å². The Hall–Kier alpha value is -7.51. The fraction of sp³-hybridized carbons (Fsp3) is 0.636. The number of aliphatic hydroxyl groups is 2. The van der Waals surface area contributed by atoms with Crippen molar-refractivity contribution < 1.29 is 139 Å². The van der Waals surface area contributed by atoms with E-state index in [0.717, 1.165) is 36.5 Å². The Morgan fingerprint density at radius 3 is 1.11 bits per heavy atom. The molecule has 10 aromatic rings. The zero-order chi connectivity index (χ0) is 100. The third-order valence-corrected chi connectivity index (χ3v) is 30.0. The van der Waals surface area contributed by atoms with Gasteiger partial charge >= 0.3 is 35.7 Å². The first-order valence-electron chi connectivity index (χ1n) is 44.5. The molecule has 51 heteroatoms. The van der Waals surface area contributed by atoms with Crippen LogP contribution in [0, 0.1) is 12.8 Å². The number of carbonyl (C=O) groups excluding carboxylic acids is 2. The van der Waals surface area contributed by atoms with E-state index in [0.29, 0.717) is 65.6 Å². The summed E-state index contributed by atoms with van der Waals surface area (Å²) in [5, 5.41) is 22.8. The Bertz CT molecular complexity index is 5730. The van der Waals surface area contributed by atoms with Gasteiger partial charge in [0.15, 0.2) is 78.8 Å². The Balaban J connectivity index is 0.000000181. The molecule has 10 aliphatic heterocycles. The van der Waals surface area contributed by atoms with E-state index in [9.17, 15) is 42.6 Å². The number of H-pyrrole nitrogens is 4. The van der Waals surface area contributed by atoms with Crippen molar-refractivity contribution in [2.24, 2.45) is 5.92 Å². The number of aromatic amines is 4. The number of ether oxygens (including phenoxy) is 15. The minimum Gasteiger partial charge on any atom is -0.870 e. The largest absolute Gasteiger partial charge is 1.00 e. The number of aldehydes is 1. The number of aryl methyl sites for hydroxylation is 1. The quantitative estimate of drug-likeness (QED) is 0.0200. The number of halogens is 7. The van der Waals surface area contributed by atoms with E-state index in [4.69, 9.17) is 145 Å². The second kappa shape index (κ2) is 45.0. The molecule has 766 valence electrons. The van der Waals surface area contributed by atoms with Gasteiger partial charge in [0.1, 0.15) is 100 Å². The smallest absolute Gasteiger partial charge is 0.870 e. The fourth-order valence-electron chi connectivity index (χ4n) is 16.7. The fourth-order valence-corrected chi connectivity index (χ4v) is 17.2. The molecule has 10 fully saturated rings. The number of fused-ring (bicyclic) bond motifs is 10. The van der Waals surface area contributed by atoms with Crippen molar-refractivity contribution in [3.63, 3.8) is 0 Å². The molecule has 0 bridgehead atoms. The molecule has 0 aliphatic carbocycles. The molecule has 10 saturated heterocycles. The number of hydrogen-bond acceptors (Lipinski definition) is 34. The molecule has 10 aliphatic rings. The maximum absolute atomic E-state index is 12.1. The molecule has 0 spiro atoms. The molecular formula is C88H127Cl4F3N19NaO23Si. The number of anilines is 4. The van der Waals surface area contributed by atoms with Gasteiger partial charge in [-0.15, -0.1) is 0 Å². The zero-order valence-corrected chi connectivity index (χ0v) is 86.9. The van der Waals surface area contributed by atoms with Crippen LogP contribution in [0.15, 0.2) is 75.7 Å². The molecule has 42 nitrogen and oxygen atoms in total. The van der Waals surface area contributed by atoms with Crippen molar-refractivity contribution in [2.45, 2.75) is 348 Å². The van der Waals surface area contributed by atoms with E-state index < -0.39 is 85.8 Å². The third-order valence-electron chi connectivity index (χ3n) is 23.7. The van der Waals surface area contributed by atoms with Crippen molar-refractivity contribution in [3.05, 3.63) is 109 Å². The number of rotatable bonds is 10. The normalized spacial score (nSPS) is 28.5. The molecule has 20 heterocycles. The predicted octanol–water partition coefficient (Wildman–Crippen LogP) is 9.88. The topological polar surface area (TPSA) is 571 Å². The maximum Gasteiger partial charge on any atom is 1.00 e. The molecule has 10 aromatic heterocycles. The minimum absolute atomic E-state index is 0. The first kappa shape index (κ1) is 115. The van der Waals surface area contributed by atoms with Gasteiger partial charge in [-0.2, -0.15) is 44.2 Å². The summed E-state index contributed by atoms with van der Waals surface area (Å²) in [6.07, 6.45) is 1.09. The maximum atomic E-state index is 12.1. The number of nitrogens with one attached hydrogen (secondary N) is 4. The molecule has 0 radical (unpaired) electrons. The van der Waals surface area contributed by atoms with Crippen molar-refractivity contribution >= 4 is 144 Å². The number of carbonyl (C=O) groups is 2. The summed E-state index contributed by atoms with van der Waals surface area (Å²) in [6, 6.07) is 8.78. The van der Waals surface area contributed by atoms with Gasteiger partial charge in [0, 0.05) is 36.9 Å². The molecule has 0 amide bonds. The number of nitrogens with two attached hydrogens (primary N) is 4. The molecule has 0 saturated carbocycles. The first-order valence-corrected chi connectivity index (χ1v) is 49.6. The van der Waals surface area contributed by atoms with E-state index in [-0.39, 0.29) is 186 Å². The van der Waals surface area contributed by atoms with E-state index in [1.54, 1.807) is 72.8 Å². The Morgan fingerprint density at radius 2 is 0.777 bits per heavy atom. The summed E-state index contributed by atoms with van der Waals surface area (Å²) in [4.78, 5) is 94.1. The van der Waals surface area contributed by atoms with Crippen LogP contribution in [0.3, 0.4) is 0 Å². The summed E-state index contributed by atoms with van der Waals surface area (Å²) in [5.41, 5.74) is 24.5. The van der Waals surface area contributed by atoms with E-state index >= 15 is 0 Å². The average molecular weight is 2070 g/mol. The van der Waals surface area contributed by atoms with Gasteiger partial charge in [-0.05, 0) is 149 Å². The van der Waals surface area contributed by atoms with Gasteiger partial charge in [-0.1, -0.05) is 106 Å². The molecule has 20 rings (SSSR count). The molecule has 20 atom stereocenters. The first-order chi connectivity index (χ1) is 63.3. The van der Waals surface area contributed by atoms with Crippen LogP contribution in [0.4, 0.5) is 37.0 Å². The number of nitrogen functional groups attached to an aromatic ring is 4. The van der Waals surface area contributed by atoms with Crippen LogP contribution < -0.4 is 69.2 Å². The summed E-state index contributed by atoms with van der Waals surface area (Å²) in [5.74, 6) is -2.29. The number of hydrogen-bond donors (Lipinski definition) is 10. The van der Waals surface area contributed by atoms with Gasteiger partial charge in [0.05, 0.1) is 58.0 Å². The summed E-state index contributed by atoms with van der Waals surface area (Å²) < 4.78 is 127.